The van der Waals surface area contributed by atoms with E-state index in [-0.39, 0.29) is 17.5 Å². The third-order valence-corrected chi connectivity index (χ3v) is 3.74. The number of H-pyrrole nitrogens is 1. The second kappa shape index (κ2) is 5.88. The summed E-state index contributed by atoms with van der Waals surface area (Å²) in [6.07, 6.45) is 0.0486. The number of hydrogen-bond acceptors (Lipinski definition) is 4. The molecule has 1 aliphatic heterocycles. The van der Waals surface area contributed by atoms with Crippen molar-refractivity contribution in [3.05, 3.63) is 56.2 Å². The minimum absolute atomic E-state index is 0.0486. The van der Waals surface area contributed by atoms with Gasteiger partial charge in [-0.3, -0.25) is 19.7 Å². The lowest BCUT2D eigenvalue weighted by Gasteiger charge is -2.27. The predicted molar refractivity (Wildman–Crippen MR) is 88.5 cm³/mol. The van der Waals surface area contributed by atoms with E-state index in [9.17, 15) is 14.4 Å². The van der Waals surface area contributed by atoms with E-state index in [2.05, 4.69) is 15.6 Å². The van der Waals surface area contributed by atoms with Gasteiger partial charge in [0.05, 0.1) is 17.7 Å². The van der Waals surface area contributed by atoms with Crippen LogP contribution in [0.4, 0.5) is 10.6 Å². The van der Waals surface area contributed by atoms with Crippen LogP contribution in [0, 0.1) is 0 Å². The molecule has 1 atom stereocenters. The molecule has 2 aromatic rings. The lowest BCUT2D eigenvalue weighted by molar-refractivity contribution is 0.242. The highest BCUT2D eigenvalue weighted by Gasteiger charge is 2.30. The second-order valence-corrected chi connectivity index (χ2v) is 5.85. The third kappa shape index (κ3) is 2.78. The molecule has 0 unspecified atom stereocenters. The molecule has 1 aliphatic rings. The zero-order valence-corrected chi connectivity index (χ0v) is 13.5. The zero-order valence-electron chi connectivity index (χ0n) is 13.5. The van der Waals surface area contributed by atoms with Crippen LogP contribution in [0.3, 0.4) is 0 Å². The smallest absolute Gasteiger partial charge is 0.329 e. The Bertz CT molecular complexity index is 896. The fourth-order valence-corrected chi connectivity index (χ4v) is 2.66. The number of aromatic amines is 1. The van der Waals surface area contributed by atoms with Crippen LogP contribution in [0.15, 0.2) is 33.9 Å². The van der Waals surface area contributed by atoms with Crippen molar-refractivity contribution in [1.82, 2.24) is 14.9 Å². The zero-order chi connectivity index (χ0) is 17.4. The van der Waals surface area contributed by atoms with Crippen molar-refractivity contribution in [3.63, 3.8) is 0 Å². The van der Waals surface area contributed by atoms with E-state index in [1.54, 1.807) is 24.3 Å². The maximum absolute atomic E-state index is 12.3. The number of carbonyl (C=O) groups is 1. The molecule has 3 N–H and O–H groups in total. The van der Waals surface area contributed by atoms with Gasteiger partial charge in [0, 0.05) is 7.05 Å². The van der Waals surface area contributed by atoms with Gasteiger partial charge in [-0.2, -0.15) is 0 Å². The number of carbonyl (C=O) groups excluding carboxylic acids is 1. The van der Waals surface area contributed by atoms with Crippen molar-refractivity contribution in [3.8, 4) is 5.75 Å². The van der Waals surface area contributed by atoms with Gasteiger partial charge < -0.3 is 10.1 Å². The average Bonchev–Trinajstić information content (AvgIpc) is 2.52. The molecule has 0 saturated heterocycles. The third-order valence-electron chi connectivity index (χ3n) is 3.74. The number of rotatable bonds is 3. The number of anilines is 1. The van der Waals surface area contributed by atoms with Crippen molar-refractivity contribution in [2.24, 2.45) is 7.05 Å². The van der Waals surface area contributed by atoms with Gasteiger partial charge >= 0.3 is 11.7 Å². The van der Waals surface area contributed by atoms with Crippen LogP contribution in [0.5, 0.6) is 5.75 Å². The number of ether oxygens (including phenoxy) is 1. The van der Waals surface area contributed by atoms with E-state index in [0.29, 0.717) is 11.3 Å². The maximum atomic E-state index is 12.3. The highest BCUT2D eigenvalue weighted by molar-refractivity contribution is 5.92. The fraction of sp³-hybridized carbons (Fsp3) is 0.312. The van der Waals surface area contributed by atoms with Gasteiger partial charge in [0.1, 0.15) is 11.6 Å². The van der Waals surface area contributed by atoms with Gasteiger partial charge in [-0.05, 0) is 31.5 Å². The van der Waals surface area contributed by atoms with Crippen molar-refractivity contribution in [2.75, 3.05) is 5.32 Å². The van der Waals surface area contributed by atoms with E-state index in [4.69, 9.17) is 4.74 Å². The quantitative estimate of drug-likeness (QED) is 0.783. The Morgan fingerprint density at radius 2 is 1.79 bits per heavy atom. The summed E-state index contributed by atoms with van der Waals surface area (Å²) in [6, 6.07) is 5.98. The summed E-state index contributed by atoms with van der Waals surface area (Å²) in [5, 5.41) is 5.23. The van der Waals surface area contributed by atoms with E-state index in [1.165, 1.54) is 11.6 Å². The van der Waals surface area contributed by atoms with Gasteiger partial charge in [-0.15, -0.1) is 0 Å². The number of amides is 2. The first-order chi connectivity index (χ1) is 11.4. The molecule has 1 aromatic heterocycles. The van der Waals surface area contributed by atoms with Gasteiger partial charge in [-0.1, -0.05) is 12.1 Å². The molecule has 1 aromatic carbocycles. The van der Waals surface area contributed by atoms with Gasteiger partial charge in [0.25, 0.3) is 5.56 Å². The molecule has 8 nitrogen and oxygen atoms in total. The summed E-state index contributed by atoms with van der Waals surface area (Å²) in [7, 11) is 1.49. The number of fused-ring (bicyclic) bond motifs is 1. The lowest BCUT2D eigenvalue weighted by Crippen LogP contribution is -2.46. The Morgan fingerprint density at radius 1 is 1.12 bits per heavy atom. The second-order valence-electron chi connectivity index (χ2n) is 5.85. The normalized spacial score (nSPS) is 16.3. The Morgan fingerprint density at radius 3 is 2.42 bits per heavy atom. The van der Waals surface area contributed by atoms with Crippen LogP contribution in [0.1, 0.15) is 31.0 Å². The molecule has 2 heterocycles. The summed E-state index contributed by atoms with van der Waals surface area (Å²) in [5.74, 6) is 0.892. The highest BCUT2D eigenvalue weighted by atomic mass is 16.5. The van der Waals surface area contributed by atoms with Gasteiger partial charge in [0.15, 0.2) is 0 Å². The fourth-order valence-electron chi connectivity index (χ4n) is 2.66. The van der Waals surface area contributed by atoms with Crippen LogP contribution in [-0.4, -0.2) is 21.7 Å². The monoisotopic (exact) mass is 330 g/mol. The van der Waals surface area contributed by atoms with E-state index < -0.39 is 23.3 Å². The lowest BCUT2D eigenvalue weighted by atomic mass is 9.98. The molecule has 0 bridgehead atoms. The summed E-state index contributed by atoms with van der Waals surface area (Å²) < 4.78 is 6.80. The number of urea groups is 1. The Balaban J connectivity index is 2.08. The van der Waals surface area contributed by atoms with Crippen LogP contribution in [0.25, 0.3) is 0 Å². The molecule has 126 valence electrons. The molecule has 0 aliphatic carbocycles. The van der Waals surface area contributed by atoms with E-state index >= 15 is 0 Å². The molecule has 0 fully saturated rings. The molecule has 3 rings (SSSR count). The van der Waals surface area contributed by atoms with Crippen LogP contribution in [-0.2, 0) is 7.05 Å². The molecule has 0 spiro atoms. The first-order valence-electron chi connectivity index (χ1n) is 7.54. The first kappa shape index (κ1) is 15.9. The predicted octanol–water partition coefficient (Wildman–Crippen LogP) is 1.09. The molecule has 2 amide bonds. The van der Waals surface area contributed by atoms with Crippen LogP contribution < -0.4 is 26.6 Å². The van der Waals surface area contributed by atoms with Crippen LogP contribution >= 0.6 is 0 Å². The Labute approximate surface area is 137 Å². The van der Waals surface area contributed by atoms with Crippen molar-refractivity contribution >= 4 is 11.8 Å². The number of nitrogens with one attached hydrogen (secondary N) is 3. The number of hydrogen-bond donors (Lipinski definition) is 3. The number of aromatic nitrogens is 2. The number of benzene rings is 1. The molecular weight excluding hydrogens is 312 g/mol. The van der Waals surface area contributed by atoms with E-state index in [0.717, 1.165) is 0 Å². The molecule has 24 heavy (non-hydrogen) atoms. The van der Waals surface area contributed by atoms with Gasteiger partial charge in [0.2, 0.25) is 0 Å². The minimum Gasteiger partial charge on any atom is -0.491 e. The summed E-state index contributed by atoms with van der Waals surface area (Å²) >= 11 is 0. The van der Waals surface area contributed by atoms with Crippen molar-refractivity contribution in [2.45, 2.75) is 26.0 Å². The maximum Gasteiger partial charge on any atom is 0.329 e. The van der Waals surface area contributed by atoms with E-state index in [1.807, 2.05) is 13.8 Å². The Kier molecular flexibility index (Phi) is 3.88. The number of nitrogens with zero attached hydrogens (tertiary/aromatic N) is 1. The molecule has 0 saturated carbocycles. The summed E-state index contributed by atoms with van der Waals surface area (Å²) in [4.78, 5) is 38.2. The summed E-state index contributed by atoms with van der Waals surface area (Å²) in [5.41, 5.74) is -0.117. The minimum atomic E-state index is -0.655. The topological polar surface area (TPSA) is 105 Å². The highest BCUT2D eigenvalue weighted by Crippen LogP contribution is 2.29. The van der Waals surface area contributed by atoms with Gasteiger partial charge in [-0.25, -0.2) is 9.59 Å². The molecule has 0 radical (unpaired) electrons. The first-order valence-corrected chi connectivity index (χ1v) is 7.54. The SMILES string of the molecule is CC(C)Oc1ccc([C@@H]2NC(=O)Nc3c2c(=O)[nH]c(=O)n3C)cc1. The van der Waals surface area contributed by atoms with Crippen molar-refractivity contribution in [1.29, 1.82) is 0 Å². The standard InChI is InChI=1S/C16H18N4O4/c1-8(2)24-10-6-4-9(5-7-10)12-11-13(18-15(22)17-12)20(3)16(23)19-14(11)21/h4-8,12H,1-3H3,(H2,17,18,22)(H,19,21,23)/t12-/m0/s1. The molecular formula is C16H18N4O4. The Hall–Kier alpha value is -3.03. The summed E-state index contributed by atoms with van der Waals surface area (Å²) in [6.45, 7) is 3.86. The molecule has 8 heteroatoms. The van der Waals surface area contributed by atoms with Crippen molar-refractivity contribution < 1.29 is 9.53 Å². The average molecular weight is 330 g/mol. The largest absolute Gasteiger partial charge is 0.491 e. The van der Waals surface area contributed by atoms with Crippen LogP contribution in [0.2, 0.25) is 0 Å².